The molecule has 0 aliphatic carbocycles. The van der Waals surface area contributed by atoms with Crippen LogP contribution in [0.1, 0.15) is 49.4 Å². The van der Waals surface area contributed by atoms with Gasteiger partial charge in [-0.2, -0.15) is 0 Å². The zero-order chi connectivity index (χ0) is 14.4. The number of halogens is 1. The summed E-state index contributed by atoms with van der Waals surface area (Å²) in [6.45, 7) is 6.46. The molecule has 0 aliphatic rings. The number of amides is 1. The quantitative estimate of drug-likeness (QED) is 0.838. The Hall–Kier alpha value is -1.20. The molecule has 5 nitrogen and oxygen atoms in total. The lowest BCUT2D eigenvalue weighted by molar-refractivity contribution is 0.0940. The molecule has 1 atom stereocenters. The zero-order valence-electron chi connectivity index (χ0n) is 11.5. The molecule has 1 rings (SSSR count). The second-order valence-electron chi connectivity index (χ2n) is 4.91. The Morgan fingerprint density at radius 3 is 2.74 bits per heavy atom. The van der Waals surface area contributed by atoms with Gasteiger partial charge in [0.1, 0.15) is 11.5 Å². The molecule has 2 N–H and O–H groups in total. The van der Waals surface area contributed by atoms with Gasteiger partial charge in [-0.3, -0.25) is 4.79 Å². The van der Waals surface area contributed by atoms with Crippen LogP contribution in [0.4, 0.5) is 0 Å². The highest BCUT2D eigenvalue weighted by Crippen LogP contribution is 2.16. The van der Waals surface area contributed by atoms with Gasteiger partial charge in [0.05, 0.1) is 11.2 Å². The minimum Gasteiger partial charge on any atom is -0.396 e. The van der Waals surface area contributed by atoms with Gasteiger partial charge in [-0.15, -0.1) is 0 Å². The lowest BCUT2D eigenvalue weighted by atomic mass is 10.1. The first-order valence-electron chi connectivity index (χ1n) is 6.37. The fourth-order valence-electron chi connectivity index (χ4n) is 1.49. The lowest BCUT2D eigenvalue weighted by Gasteiger charge is -2.12. The van der Waals surface area contributed by atoms with Gasteiger partial charge in [0.25, 0.3) is 5.91 Å². The topological polar surface area (TPSA) is 75.1 Å². The van der Waals surface area contributed by atoms with Crippen LogP contribution < -0.4 is 5.32 Å². The molecule has 0 spiro atoms. The van der Waals surface area contributed by atoms with Crippen molar-refractivity contribution in [2.24, 2.45) is 5.92 Å². The van der Waals surface area contributed by atoms with Gasteiger partial charge < -0.3 is 10.4 Å². The number of hydrogen-bond donors (Lipinski definition) is 2. The van der Waals surface area contributed by atoms with E-state index in [9.17, 15) is 4.79 Å². The normalized spacial score (nSPS) is 12.5. The Kier molecular flexibility index (Phi) is 6.18. The molecule has 1 aromatic rings. The second kappa shape index (κ2) is 7.40. The maximum atomic E-state index is 12.0. The first-order chi connectivity index (χ1) is 8.95. The first-order valence-corrected chi connectivity index (χ1v) is 6.75. The summed E-state index contributed by atoms with van der Waals surface area (Å²) in [5.74, 6) is 0.633. The highest BCUT2D eigenvalue weighted by atomic mass is 35.5. The summed E-state index contributed by atoms with van der Waals surface area (Å²) in [5, 5.41) is 11.8. The molecule has 0 saturated carbocycles. The van der Waals surface area contributed by atoms with Crippen LogP contribution >= 0.6 is 11.6 Å². The molecule has 1 heterocycles. The van der Waals surface area contributed by atoms with Crippen molar-refractivity contribution in [1.82, 2.24) is 15.3 Å². The smallest absolute Gasteiger partial charge is 0.271 e. The van der Waals surface area contributed by atoms with Crippen LogP contribution in [-0.4, -0.2) is 34.1 Å². The number of aromatic nitrogens is 2. The summed E-state index contributed by atoms with van der Waals surface area (Å²) in [6, 6.07) is 0. The van der Waals surface area contributed by atoms with Gasteiger partial charge in [-0.1, -0.05) is 32.4 Å². The largest absolute Gasteiger partial charge is 0.396 e. The maximum Gasteiger partial charge on any atom is 0.271 e. The molecule has 1 aromatic heterocycles. The molecule has 1 amide bonds. The van der Waals surface area contributed by atoms with Crippen molar-refractivity contribution in [3.8, 4) is 0 Å². The van der Waals surface area contributed by atoms with E-state index in [0.717, 1.165) is 0 Å². The highest BCUT2D eigenvalue weighted by molar-refractivity contribution is 6.33. The highest BCUT2D eigenvalue weighted by Gasteiger charge is 2.15. The van der Waals surface area contributed by atoms with Crippen molar-refractivity contribution in [1.29, 1.82) is 0 Å². The third-order valence-corrected chi connectivity index (χ3v) is 3.00. The van der Waals surface area contributed by atoms with Crippen LogP contribution in [0.3, 0.4) is 0 Å². The Morgan fingerprint density at radius 1 is 1.47 bits per heavy atom. The molecule has 6 heteroatoms. The van der Waals surface area contributed by atoms with E-state index in [1.165, 1.54) is 6.20 Å². The second-order valence-corrected chi connectivity index (χ2v) is 5.31. The molecule has 106 valence electrons. The minimum absolute atomic E-state index is 0.114. The van der Waals surface area contributed by atoms with E-state index in [1.807, 2.05) is 20.8 Å². The summed E-state index contributed by atoms with van der Waals surface area (Å²) in [5.41, 5.74) is 0.205. The fraction of sp³-hybridized carbons (Fsp3) is 0.615. The van der Waals surface area contributed by atoms with Gasteiger partial charge in [-0.25, -0.2) is 9.97 Å². The summed E-state index contributed by atoms with van der Waals surface area (Å²) < 4.78 is 0. The molecule has 0 aliphatic heterocycles. The lowest BCUT2D eigenvalue weighted by Crippen LogP contribution is -2.30. The molecule has 0 fully saturated rings. The van der Waals surface area contributed by atoms with Crippen molar-refractivity contribution in [3.63, 3.8) is 0 Å². The Morgan fingerprint density at radius 2 is 2.16 bits per heavy atom. The number of aliphatic hydroxyl groups excluding tert-OH is 1. The van der Waals surface area contributed by atoms with E-state index in [-0.39, 0.29) is 35.1 Å². The third-order valence-electron chi connectivity index (χ3n) is 2.73. The van der Waals surface area contributed by atoms with Crippen molar-refractivity contribution in [2.75, 3.05) is 13.2 Å². The Balaban J connectivity index is 2.73. The molecule has 19 heavy (non-hydrogen) atoms. The number of nitrogens with zero attached hydrogens (tertiary/aromatic N) is 2. The van der Waals surface area contributed by atoms with Crippen molar-refractivity contribution in [2.45, 2.75) is 33.1 Å². The maximum absolute atomic E-state index is 12.0. The van der Waals surface area contributed by atoms with Gasteiger partial charge in [0, 0.05) is 19.1 Å². The molecule has 0 saturated heterocycles. The summed E-state index contributed by atoms with van der Waals surface area (Å²) >= 11 is 5.95. The summed E-state index contributed by atoms with van der Waals surface area (Å²) in [7, 11) is 0. The van der Waals surface area contributed by atoms with Crippen LogP contribution in [0, 0.1) is 5.92 Å². The number of nitrogens with one attached hydrogen (secondary N) is 1. The molecule has 0 aromatic carbocycles. The Bertz CT molecular complexity index is 438. The molecular formula is C13H20ClN3O2. The van der Waals surface area contributed by atoms with E-state index < -0.39 is 0 Å². The van der Waals surface area contributed by atoms with Crippen molar-refractivity contribution < 1.29 is 9.90 Å². The van der Waals surface area contributed by atoms with E-state index in [1.54, 1.807) is 0 Å². The third kappa shape index (κ3) is 4.76. The monoisotopic (exact) mass is 285 g/mol. The molecule has 0 bridgehead atoms. The number of rotatable bonds is 6. The van der Waals surface area contributed by atoms with Crippen LogP contribution in [-0.2, 0) is 0 Å². The van der Waals surface area contributed by atoms with E-state index >= 15 is 0 Å². The van der Waals surface area contributed by atoms with Crippen LogP contribution in [0.2, 0.25) is 5.02 Å². The number of aliphatic hydroxyl groups is 1. The van der Waals surface area contributed by atoms with E-state index in [2.05, 4.69) is 15.3 Å². The van der Waals surface area contributed by atoms with Crippen LogP contribution in [0.15, 0.2) is 6.20 Å². The van der Waals surface area contributed by atoms with Gasteiger partial charge in [0.2, 0.25) is 0 Å². The number of carbonyl (C=O) groups excluding carboxylic acids is 1. The summed E-state index contributed by atoms with van der Waals surface area (Å²) in [6.07, 6.45) is 2.10. The molecule has 1 unspecified atom stereocenters. The SMILES string of the molecule is CC(CCO)CNC(=O)c1nc(C(C)C)ncc1Cl. The van der Waals surface area contributed by atoms with E-state index in [4.69, 9.17) is 16.7 Å². The van der Waals surface area contributed by atoms with E-state index in [0.29, 0.717) is 18.8 Å². The predicted molar refractivity (Wildman–Crippen MR) is 74.3 cm³/mol. The van der Waals surface area contributed by atoms with Gasteiger partial charge >= 0.3 is 0 Å². The number of carbonyl (C=O) groups is 1. The molecular weight excluding hydrogens is 266 g/mol. The zero-order valence-corrected chi connectivity index (χ0v) is 12.2. The standard InChI is InChI=1S/C13H20ClN3O2/c1-8(2)12-15-7-10(14)11(17-12)13(19)16-6-9(3)4-5-18/h7-9,18H,4-6H2,1-3H3,(H,16,19). The minimum atomic E-state index is -0.306. The fourth-order valence-corrected chi connectivity index (χ4v) is 1.67. The van der Waals surface area contributed by atoms with Gasteiger partial charge in [-0.05, 0) is 12.3 Å². The Labute approximate surface area is 118 Å². The number of hydrogen-bond acceptors (Lipinski definition) is 4. The predicted octanol–water partition coefficient (Wildman–Crippen LogP) is 2.00. The first kappa shape index (κ1) is 15.9. The van der Waals surface area contributed by atoms with Crippen molar-refractivity contribution in [3.05, 3.63) is 22.7 Å². The average Bonchev–Trinajstić information content (AvgIpc) is 2.36. The molecule has 0 radical (unpaired) electrons. The summed E-state index contributed by atoms with van der Waals surface area (Å²) in [4.78, 5) is 20.3. The van der Waals surface area contributed by atoms with Crippen LogP contribution in [0.5, 0.6) is 0 Å². The average molecular weight is 286 g/mol. The van der Waals surface area contributed by atoms with Gasteiger partial charge in [0.15, 0.2) is 0 Å². The van der Waals surface area contributed by atoms with Crippen LogP contribution in [0.25, 0.3) is 0 Å². The van der Waals surface area contributed by atoms with Crippen molar-refractivity contribution >= 4 is 17.5 Å².